The van der Waals surface area contributed by atoms with Gasteiger partial charge in [-0.3, -0.25) is 0 Å². The van der Waals surface area contributed by atoms with Crippen LogP contribution in [-0.2, 0) is 4.74 Å². The predicted molar refractivity (Wildman–Crippen MR) is 52.7 cm³/mol. The summed E-state index contributed by atoms with van der Waals surface area (Å²) in [7, 11) is 0. The molecule has 0 spiro atoms. The molecule has 4 nitrogen and oxygen atoms in total. The summed E-state index contributed by atoms with van der Waals surface area (Å²) < 4.78 is 4.77. The van der Waals surface area contributed by atoms with Crippen molar-refractivity contribution in [3.63, 3.8) is 0 Å². The van der Waals surface area contributed by atoms with Gasteiger partial charge in [0, 0.05) is 5.92 Å². The lowest BCUT2D eigenvalue weighted by Crippen LogP contribution is -2.07. The van der Waals surface area contributed by atoms with Crippen LogP contribution in [0.1, 0.15) is 23.1 Å². The second kappa shape index (κ2) is 5.41. The number of carbonyl (C=O) groups is 1. The molecule has 0 aromatic carbocycles. The van der Waals surface area contributed by atoms with Gasteiger partial charge in [-0.15, -0.1) is 0 Å². The van der Waals surface area contributed by atoms with Gasteiger partial charge in [-0.2, -0.15) is 5.26 Å². The summed E-state index contributed by atoms with van der Waals surface area (Å²) >= 11 is 0. The van der Waals surface area contributed by atoms with Crippen LogP contribution in [0.15, 0.2) is 18.2 Å². The summed E-state index contributed by atoms with van der Waals surface area (Å²) in [5.74, 6) is 4.22. The highest BCUT2D eigenvalue weighted by Gasteiger charge is 2.07. The summed E-state index contributed by atoms with van der Waals surface area (Å²) in [6, 6.07) is 6.47. The summed E-state index contributed by atoms with van der Waals surface area (Å²) in [4.78, 5) is 15.2. The SMILES string of the molecule is CCOC(=O)c1cccc(C#CC#N)n1. The molecule has 0 radical (unpaired) electrons. The van der Waals surface area contributed by atoms with Gasteiger partial charge in [0.25, 0.3) is 0 Å². The zero-order valence-corrected chi connectivity index (χ0v) is 8.15. The lowest BCUT2D eigenvalue weighted by Gasteiger charge is -2.00. The maximum Gasteiger partial charge on any atom is 0.356 e. The summed E-state index contributed by atoms with van der Waals surface area (Å²) in [5, 5.41) is 8.25. The van der Waals surface area contributed by atoms with E-state index in [1.54, 1.807) is 25.1 Å². The highest BCUT2D eigenvalue weighted by molar-refractivity contribution is 5.87. The van der Waals surface area contributed by atoms with Crippen LogP contribution in [0.5, 0.6) is 0 Å². The molecule has 0 N–H and O–H groups in total. The second-order valence-electron chi connectivity index (χ2n) is 2.49. The lowest BCUT2D eigenvalue weighted by molar-refractivity contribution is 0.0519. The molecule has 4 heteroatoms. The Labute approximate surface area is 87.5 Å². The fourth-order valence-electron chi connectivity index (χ4n) is 0.915. The minimum absolute atomic E-state index is 0.196. The van der Waals surface area contributed by atoms with Crippen LogP contribution in [0.3, 0.4) is 0 Å². The van der Waals surface area contributed by atoms with Gasteiger partial charge in [0.2, 0.25) is 0 Å². The Morgan fingerprint density at radius 2 is 2.40 bits per heavy atom. The highest BCUT2D eigenvalue weighted by Crippen LogP contribution is 2.00. The van der Waals surface area contributed by atoms with E-state index in [0.29, 0.717) is 12.3 Å². The third-order valence-corrected chi connectivity index (χ3v) is 1.48. The smallest absolute Gasteiger partial charge is 0.356 e. The first kappa shape index (κ1) is 10.7. The molecule has 0 unspecified atom stereocenters. The van der Waals surface area contributed by atoms with Crippen LogP contribution in [0.2, 0.25) is 0 Å². The number of hydrogen-bond acceptors (Lipinski definition) is 4. The topological polar surface area (TPSA) is 63.0 Å². The van der Waals surface area contributed by atoms with E-state index in [1.807, 2.05) is 0 Å². The number of esters is 1. The van der Waals surface area contributed by atoms with Crippen molar-refractivity contribution in [2.45, 2.75) is 6.92 Å². The van der Waals surface area contributed by atoms with Gasteiger partial charge in [0.15, 0.2) is 6.07 Å². The summed E-state index contributed by atoms with van der Waals surface area (Å²) in [6.07, 6.45) is 0. The van der Waals surface area contributed by atoms with Crippen LogP contribution in [-0.4, -0.2) is 17.6 Å². The van der Waals surface area contributed by atoms with E-state index in [4.69, 9.17) is 10.00 Å². The molecular formula is C11H8N2O2. The Morgan fingerprint density at radius 1 is 1.60 bits per heavy atom. The molecular weight excluding hydrogens is 192 g/mol. The average Bonchev–Trinajstić information content (AvgIpc) is 2.27. The van der Waals surface area contributed by atoms with Crippen LogP contribution in [0.4, 0.5) is 0 Å². The molecule has 0 saturated heterocycles. The van der Waals surface area contributed by atoms with Crippen molar-refractivity contribution < 1.29 is 9.53 Å². The Bertz CT molecular complexity index is 463. The van der Waals surface area contributed by atoms with Crippen molar-refractivity contribution in [2.24, 2.45) is 0 Å². The van der Waals surface area contributed by atoms with Crippen LogP contribution in [0, 0.1) is 23.2 Å². The molecule has 0 aliphatic rings. The zero-order valence-electron chi connectivity index (χ0n) is 8.15. The quantitative estimate of drug-likeness (QED) is 0.530. The van der Waals surface area contributed by atoms with Gasteiger partial charge in [0.1, 0.15) is 11.4 Å². The van der Waals surface area contributed by atoms with E-state index in [1.165, 1.54) is 6.07 Å². The normalized spacial score (nSPS) is 8.27. The van der Waals surface area contributed by atoms with Crippen LogP contribution in [0.25, 0.3) is 0 Å². The molecule has 1 aromatic rings. The summed E-state index contributed by atoms with van der Waals surface area (Å²) in [6.45, 7) is 2.02. The van der Waals surface area contributed by atoms with E-state index in [-0.39, 0.29) is 5.69 Å². The van der Waals surface area contributed by atoms with Crippen molar-refractivity contribution in [1.29, 1.82) is 5.26 Å². The average molecular weight is 200 g/mol. The Hall–Kier alpha value is -2.33. The minimum Gasteiger partial charge on any atom is -0.461 e. The van der Waals surface area contributed by atoms with Crippen molar-refractivity contribution in [3.05, 3.63) is 29.6 Å². The monoisotopic (exact) mass is 200 g/mol. The molecule has 0 bridgehead atoms. The standard InChI is InChI=1S/C11H8N2O2/c1-2-15-11(14)10-7-3-5-9(13-10)6-4-8-12/h3,5,7H,2H2,1H3. The molecule has 0 amide bonds. The maximum absolute atomic E-state index is 11.3. The molecule has 0 aliphatic carbocycles. The third-order valence-electron chi connectivity index (χ3n) is 1.48. The van der Waals surface area contributed by atoms with Crippen molar-refractivity contribution in [3.8, 4) is 17.9 Å². The molecule has 0 atom stereocenters. The Morgan fingerprint density at radius 3 is 3.07 bits per heavy atom. The van der Waals surface area contributed by atoms with Crippen molar-refractivity contribution in [2.75, 3.05) is 6.61 Å². The number of ether oxygens (including phenoxy) is 1. The predicted octanol–water partition coefficient (Wildman–Crippen LogP) is 1.13. The number of aromatic nitrogens is 1. The van der Waals surface area contributed by atoms with Gasteiger partial charge in [0.05, 0.1) is 6.61 Å². The molecule has 74 valence electrons. The second-order valence-corrected chi connectivity index (χ2v) is 2.49. The highest BCUT2D eigenvalue weighted by atomic mass is 16.5. The van der Waals surface area contributed by atoms with E-state index in [9.17, 15) is 4.79 Å². The lowest BCUT2D eigenvalue weighted by atomic mass is 10.3. The minimum atomic E-state index is -0.488. The van der Waals surface area contributed by atoms with Crippen LogP contribution < -0.4 is 0 Å². The van der Waals surface area contributed by atoms with E-state index >= 15 is 0 Å². The number of rotatable bonds is 2. The first-order valence-corrected chi connectivity index (χ1v) is 4.32. The largest absolute Gasteiger partial charge is 0.461 e. The zero-order chi connectivity index (χ0) is 11.1. The van der Waals surface area contributed by atoms with Gasteiger partial charge in [-0.25, -0.2) is 9.78 Å². The Kier molecular flexibility index (Phi) is 3.88. The van der Waals surface area contributed by atoms with Gasteiger partial charge >= 0.3 is 5.97 Å². The van der Waals surface area contributed by atoms with E-state index in [0.717, 1.165) is 0 Å². The Balaban J connectivity index is 2.93. The molecule has 0 saturated carbocycles. The molecule has 1 aromatic heterocycles. The van der Waals surface area contributed by atoms with E-state index in [2.05, 4.69) is 16.8 Å². The number of carbonyl (C=O) groups excluding carboxylic acids is 1. The molecule has 0 aliphatic heterocycles. The van der Waals surface area contributed by atoms with Gasteiger partial charge < -0.3 is 4.74 Å². The first-order valence-electron chi connectivity index (χ1n) is 4.32. The number of pyridine rings is 1. The van der Waals surface area contributed by atoms with Crippen LogP contribution >= 0.6 is 0 Å². The fraction of sp³-hybridized carbons (Fsp3) is 0.182. The fourth-order valence-corrected chi connectivity index (χ4v) is 0.915. The third kappa shape index (κ3) is 3.13. The first-order chi connectivity index (χ1) is 7.27. The number of nitriles is 1. The molecule has 1 heterocycles. The summed E-state index contributed by atoms with van der Waals surface area (Å²) in [5.41, 5.74) is 0.573. The van der Waals surface area contributed by atoms with Crippen molar-refractivity contribution >= 4 is 5.97 Å². The van der Waals surface area contributed by atoms with E-state index < -0.39 is 5.97 Å². The number of hydrogen-bond donors (Lipinski definition) is 0. The molecule has 1 rings (SSSR count). The van der Waals surface area contributed by atoms with Crippen molar-refractivity contribution in [1.82, 2.24) is 4.98 Å². The molecule has 15 heavy (non-hydrogen) atoms. The molecule has 0 fully saturated rings. The van der Waals surface area contributed by atoms with Gasteiger partial charge in [-0.1, -0.05) is 6.07 Å². The van der Waals surface area contributed by atoms with Gasteiger partial charge in [-0.05, 0) is 25.0 Å². The maximum atomic E-state index is 11.3. The number of nitrogens with zero attached hydrogens (tertiary/aromatic N) is 2.